The quantitative estimate of drug-likeness (QED) is 0.573. The molecule has 0 unspecified atom stereocenters. The SMILES string of the molecule is CC(C)CCN(CC(=O)Nc1cc(C(C)(C)C)nn1-c1ccc(Cl)cc1)C(=O)C1CCC1. The monoisotopic (exact) mass is 458 g/mol. The van der Waals surface area contributed by atoms with Crippen LogP contribution in [-0.4, -0.2) is 39.6 Å². The molecule has 1 N–H and O–H groups in total. The van der Waals surface area contributed by atoms with Gasteiger partial charge in [-0.15, -0.1) is 0 Å². The summed E-state index contributed by atoms with van der Waals surface area (Å²) in [6, 6.07) is 9.23. The Labute approximate surface area is 196 Å². The Morgan fingerprint density at radius 1 is 1.22 bits per heavy atom. The van der Waals surface area contributed by atoms with E-state index in [9.17, 15) is 9.59 Å². The maximum absolute atomic E-state index is 13.0. The normalized spacial score (nSPS) is 14.3. The predicted molar refractivity (Wildman–Crippen MR) is 129 cm³/mol. The van der Waals surface area contributed by atoms with E-state index >= 15 is 0 Å². The molecule has 2 amide bonds. The molecule has 1 saturated carbocycles. The number of aromatic nitrogens is 2. The number of halogens is 1. The van der Waals surface area contributed by atoms with Crippen molar-refractivity contribution in [3.8, 4) is 5.69 Å². The molecule has 1 aliphatic carbocycles. The van der Waals surface area contributed by atoms with E-state index in [4.69, 9.17) is 16.7 Å². The molecule has 1 aromatic carbocycles. The molecule has 0 spiro atoms. The van der Waals surface area contributed by atoms with Crippen molar-refractivity contribution in [3.63, 3.8) is 0 Å². The molecule has 0 atom stereocenters. The van der Waals surface area contributed by atoms with Gasteiger partial charge in [0.1, 0.15) is 5.82 Å². The molecule has 0 radical (unpaired) electrons. The van der Waals surface area contributed by atoms with Crippen LogP contribution in [-0.2, 0) is 15.0 Å². The molecule has 1 aromatic heterocycles. The Morgan fingerprint density at radius 3 is 2.41 bits per heavy atom. The number of benzene rings is 1. The number of rotatable bonds is 8. The number of hydrogen-bond acceptors (Lipinski definition) is 3. The van der Waals surface area contributed by atoms with Gasteiger partial charge in [0.25, 0.3) is 0 Å². The van der Waals surface area contributed by atoms with Crippen molar-refractivity contribution >= 4 is 29.2 Å². The molecule has 32 heavy (non-hydrogen) atoms. The Kier molecular flexibility index (Phi) is 7.65. The molecule has 0 bridgehead atoms. The van der Waals surface area contributed by atoms with E-state index < -0.39 is 0 Å². The third-order valence-corrected chi connectivity index (χ3v) is 6.15. The molecule has 2 aromatic rings. The average molecular weight is 459 g/mol. The Bertz CT molecular complexity index is 940. The van der Waals surface area contributed by atoms with Gasteiger partial charge in [0.05, 0.1) is 17.9 Å². The molecule has 0 saturated heterocycles. The summed E-state index contributed by atoms with van der Waals surface area (Å²) in [5, 5.41) is 8.37. The second kappa shape index (κ2) is 10.1. The van der Waals surface area contributed by atoms with E-state index in [1.807, 2.05) is 18.2 Å². The van der Waals surface area contributed by atoms with Gasteiger partial charge in [-0.3, -0.25) is 9.59 Å². The lowest BCUT2D eigenvalue weighted by molar-refractivity contribution is -0.140. The summed E-state index contributed by atoms with van der Waals surface area (Å²) in [6.07, 6.45) is 3.83. The molecular weight excluding hydrogens is 424 g/mol. The minimum atomic E-state index is -0.211. The highest BCUT2D eigenvalue weighted by atomic mass is 35.5. The Morgan fingerprint density at radius 2 is 1.88 bits per heavy atom. The van der Waals surface area contributed by atoms with Crippen LogP contribution in [0.1, 0.15) is 66.0 Å². The standard InChI is InChI=1S/C25H35ClN4O2/c1-17(2)13-14-29(24(32)18-7-6-8-18)16-23(31)27-22-15-21(25(3,4)5)28-30(22)20-11-9-19(26)10-12-20/h9-12,15,17-18H,6-8,13-14,16H2,1-5H3,(H,27,31). The average Bonchev–Trinajstić information content (AvgIpc) is 3.08. The number of amides is 2. The number of nitrogens with one attached hydrogen (secondary N) is 1. The van der Waals surface area contributed by atoms with E-state index in [-0.39, 0.29) is 29.7 Å². The summed E-state index contributed by atoms with van der Waals surface area (Å²) in [7, 11) is 0. The van der Waals surface area contributed by atoms with Crippen molar-refractivity contribution in [2.24, 2.45) is 11.8 Å². The van der Waals surface area contributed by atoms with Crippen molar-refractivity contribution < 1.29 is 9.59 Å². The number of carbonyl (C=O) groups excluding carboxylic acids is 2. The molecule has 3 rings (SSSR count). The molecule has 1 aliphatic rings. The molecule has 6 nitrogen and oxygen atoms in total. The highest BCUT2D eigenvalue weighted by Gasteiger charge is 2.30. The third kappa shape index (κ3) is 6.12. The highest BCUT2D eigenvalue weighted by Crippen LogP contribution is 2.29. The van der Waals surface area contributed by atoms with Gasteiger partial charge in [-0.1, -0.05) is 52.6 Å². The minimum absolute atomic E-state index is 0.0543. The van der Waals surface area contributed by atoms with Crippen LogP contribution in [0.5, 0.6) is 0 Å². The van der Waals surface area contributed by atoms with Gasteiger partial charge in [-0.25, -0.2) is 4.68 Å². The maximum Gasteiger partial charge on any atom is 0.245 e. The lowest BCUT2D eigenvalue weighted by Crippen LogP contribution is -2.44. The third-order valence-electron chi connectivity index (χ3n) is 5.89. The zero-order valence-electron chi connectivity index (χ0n) is 19.8. The van der Waals surface area contributed by atoms with Crippen LogP contribution in [0.4, 0.5) is 5.82 Å². The predicted octanol–water partition coefficient (Wildman–Crippen LogP) is 5.44. The first kappa shape index (κ1) is 24.3. The molecule has 1 heterocycles. The summed E-state index contributed by atoms with van der Waals surface area (Å²) in [6.45, 7) is 11.2. The van der Waals surface area contributed by atoms with Gasteiger partial charge < -0.3 is 10.2 Å². The first-order valence-corrected chi connectivity index (χ1v) is 11.9. The van der Waals surface area contributed by atoms with E-state index in [2.05, 4.69) is 39.9 Å². The number of anilines is 1. The molecule has 1 fully saturated rings. The van der Waals surface area contributed by atoms with Gasteiger partial charge in [-0.05, 0) is 49.4 Å². The first-order chi connectivity index (χ1) is 15.0. The summed E-state index contributed by atoms with van der Waals surface area (Å²) >= 11 is 6.05. The fraction of sp³-hybridized carbons (Fsp3) is 0.560. The topological polar surface area (TPSA) is 67.2 Å². The van der Waals surface area contributed by atoms with Crippen molar-refractivity contribution in [2.45, 2.75) is 65.7 Å². The lowest BCUT2D eigenvalue weighted by atomic mass is 9.84. The summed E-state index contributed by atoms with van der Waals surface area (Å²) in [5.74, 6) is 1.02. The van der Waals surface area contributed by atoms with Crippen molar-refractivity contribution in [1.82, 2.24) is 14.7 Å². The second-order valence-electron chi connectivity index (χ2n) is 10.2. The summed E-state index contributed by atoms with van der Waals surface area (Å²) in [4.78, 5) is 27.7. The van der Waals surface area contributed by atoms with Gasteiger partial charge >= 0.3 is 0 Å². The van der Waals surface area contributed by atoms with Crippen LogP contribution in [0.2, 0.25) is 5.02 Å². The summed E-state index contributed by atoms with van der Waals surface area (Å²) in [5.41, 5.74) is 1.49. The first-order valence-electron chi connectivity index (χ1n) is 11.5. The van der Waals surface area contributed by atoms with Gasteiger partial charge in [-0.2, -0.15) is 5.10 Å². The van der Waals surface area contributed by atoms with Gasteiger partial charge in [0, 0.05) is 29.0 Å². The van der Waals surface area contributed by atoms with E-state index in [0.717, 1.165) is 37.1 Å². The summed E-state index contributed by atoms with van der Waals surface area (Å²) < 4.78 is 1.72. The van der Waals surface area contributed by atoms with Crippen molar-refractivity contribution in [2.75, 3.05) is 18.4 Å². The van der Waals surface area contributed by atoms with Gasteiger partial charge in [0.2, 0.25) is 11.8 Å². The van der Waals surface area contributed by atoms with Crippen molar-refractivity contribution in [1.29, 1.82) is 0 Å². The molecular formula is C25H35ClN4O2. The smallest absolute Gasteiger partial charge is 0.245 e. The van der Waals surface area contributed by atoms with E-state index in [1.54, 1.807) is 21.7 Å². The fourth-order valence-electron chi connectivity index (χ4n) is 3.57. The Balaban J connectivity index is 1.80. The largest absolute Gasteiger partial charge is 0.333 e. The van der Waals surface area contributed by atoms with Crippen LogP contribution in [0.25, 0.3) is 5.69 Å². The molecule has 7 heteroatoms. The van der Waals surface area contributed by atoms with Crippen LogP contribution in [0.15, 0.2) is 30.3 Å². The van der Waals surface area contributed by atoms with E-state index in [0.29, 0.717) is 23.3 Å². The molecule has 0 aliphatic heterocycles. The fourth-order valence-corrected chi connectivity index (χ4v) is 3.69. The zero-order chi connectivity index (χ0) is 23.5. The van der Waals surface area contributed by atoms with Gasteiger partial charge in [0.15, 0.2) is 0 Å². The highest BCUT2D eigenvalue weighted by molar-refractivity contribution is 6.30. The van der Waals surface area contributed by atoms with Crippen LogP contribution in [0, 0.1) is 11.8 Å². The van der Waals surface area contributed by atoms with Crippen LogP contribution in [0.3, 0.4) is 0 Å². The van der Waals surface area contributed by atoms with E-state index in [1.165, 1.54) is 0 Å². The van der Waals surface area contributed by atoms with Crippen molar-refractivity contribution in [3.05, 3.63) is 41.0 Å². The number of hydrogen-bond donors (Lipinski definition) is 1. The van der Waals surface area contributed by atoms with Crippen LogP contribution < -0.4 is 5.32 Å². The minimum Gasteiger partial charge on any atom is -0.333 e. The maximum atomic E-state index is 13.0. The van der Waals surface area contributed by atoms with Crippen LogP contribution >= 0.6 is 11.6 Å². The number of carbonyl (C=O) groups is 2. The second-order valence-corrected chi connectivity index (χ2v) is 10.6. The lowest BCUT2D eigenvalue weighted by Gasteiger charge is -2.31. The zero-order valence-corrected chi connectivity index (χ0v) is 20.6. The number of nitrogens with zero attached hydrogens (tertiary/aromatic N) is 3. The Hall–Kier alpha value is -2.34. The molecule has 174 valence electrons.